The molecule has 62 heavy (non-hydrogen) atoms. The Morgan fingerprint density at radius 3 is 1.10 bits per heavy atom. The number of esters is 3. The predicted octanol–water partition coefficient (Wildman–Crippen LogP) is 16.1. The van der Waals surface area contributed by atoms with Crippen LogP contribution in [0.3, 0.4) is 0 Å². The molecule has 0 aromatic carbocycles. The summed E-state index contributed by atoms with van der Waals surface area (Å²) in [5, 5.41) is 0. The highest BCUT2D eigenvalue weighted by Gasteiger charge is 2.19. The van der Waals surface area contributed by atoms with E-state index in [4.69, 9.17) is 14.2 Å². The molecule has 0 aliphatic heterocycles. The van der Waals surface area contributed by atoms with Crippen LogP contribution in [0.25, 0.3) is 0 Å². The molecular formula is C56H88O6. The zero-order valence-electron chi connectivity index (χ0n) is 39.6. The van der Waals surface area contributed by atoms with Crippen molar-refractivity contribution in [3.8, 4) is 0 Å². The Morgan fingerprint density at radius 2 is 0.661 bits per heavy atom. The molecule has 0 radical (unpaired) electrons. The smallest absolute Gasteiger partial charge is 0.306 e. The van der Waals surface area contributed by atoms with Crippen LogP contribution in [0.5, 0.6) is 0 Å². The summed E-state index contributed by atoms with van der Waals surface area (Å²) in [6.45, 7) is 6.23. The highest BCUT2D eigenvalue weighted by atomic mass is 16.6. The van der Waals surface area contributed by atoms with Gasteiger partial charge in [-0.15, -0.1) is 0 Å². The third-order valence-electron chi connectivity index (χ3n) is 9.68. The molecule has 0 heterocycles. The first-order valence-corrected chi connectivity index (χ1v) is 24.5. The summed E-state index contributed by atoms with van der Waals surface area (Å²) in [6, 6.07) is 0. The van der Waals surface area contributed by atoms with Gasteiger partial charge in [0.05, 0.1) is 0 Å². The number of unbranched alkanes of at least 4 members (excludes halogenated alkanes) is 11. The van der Waals surface area contributed by atoms with Crippen molar-refractivity contribution < 1.29 is 28.6 Å². The molecule has 6 heteroatoms. The van der Waals surface area contributed by atoms with Crippen LogP contribution >= 0.6 is 0 Å². The van der Waals surface area contributed by atoms with Crippen molar-refractivity contribution in [2.75, 3.05) is 13.2 Å². The van der Waals surface area contributed by atoms with Crippen molar-refractivity contribution in [3.63, 3.8) is 0 Å². The maximum atomic E-state index is 12.8. The quantitative estimate of drug-likeness (QED) is 0.0263. The topological polar surface area (TPSA) is 78.9 Å². The molecule has 1 unspecified atom stereocenters. The third-order valence-corrected chi connectivity index (χ3v) is 9.68. The van der Waals surface area contributed by atoms with Crippen molar-refractivity contribution in [1.29, 1.82) is 0 Å². The van der Waals surface area contributed by atoms with Crippen molar-refractivity contribution in [2.24, 2.45) is 0 Å². The molecule has 0 aliphatic carbocycles. The van der Waals surface area contributed by atoms with E-state index in [0.717, 1.165) is 135 Å². The maximum Gasteiger partial charge on any atom is 0.306 e. The van der Waals surface area contributed by atoms with E-state index in [2.05, 4.69) is 130 Å². The van der Waals surface area contributed by atoms with Crippen molar-refractivity contribution in [3.05, 3.63) is 122 Å². The van der Waals surface area contributed by atoms with E-state index < -0.39 is 6.10 Å². The average molecular weight is 857 g/mol. The van der Waals surface area contributed by atoms with Crippen LogP contribution in [0.1, 0.15) is 194 Å². The summed E-state index contributed by atoms with van der Waals surface area (Å²) in [5.74, 6) is -1.04. The van der Waals surface area contributed by atoms with Crippen LogP contribution in [-0.2, 0) is 28.6 Å². The summed E-state index contributed by atoms with van der Waals surface area (Å²) in [4.78, 5) is 37.8. The number of hydrogen-bond donors (Lipinski definition) is 0. The number of hydrogen-bond acceptors (Lipinski definition) is 6. The lowest BCUT2D eigenvalue weighted by Crippen LogP contribution is -2.30. The number of allylic oxidation sites excluding steroid dienone is 20. The van der Waals surface area contributed by atoms with Gasteiger partial charge in [0.1, 0.15) is 13.2 Å². The predicted molar refractivity (Wildman–Crippen MR) is 265 cm³/mol. The lowest BCUT2D eigenvalue weighted by Gasteiger charge is -2.18. The van der Waals surface area contributed by atoms with Crippen molar-refractivity contribution >= 4 is 17.9 Å². The zero-order chi connectivity index (χ0) is 45.1. The molecule has 0 fully saturated rings. The van der Waals surface area contributed by atoms with Gasteiger partial charge in [0.25, 0.3) is 0 Å². The highest BCUT2D eigenvalue weighted by molar-refractivity contribution is 5.71. The number of carbonyl (C=O) groups is 3. The molecule has 0 rings (SSSR count). The molecule has 0 aliphatic rings. The second-order valence-corrected chi connectivity index (χ2v) is 15.6. The minimum absolute atomic E-state index is 0.117. The fourth-order valence-corrected chi connectivity index (χ4v) is 6.07. The van der Waals surface area contributed by atoms with Crippen LogP contribution in [-0.4, -0.2) is 37.2 Å². The van der Waals surface area contributed by atoms with Gasteiger partial charge in [-0.2, -0.15) is 0 Å². The van der Waals surface area contributed by atoms with E-state index in [0.29, 0.717) is 12.8 Å². The lowest BCUT2D eigenvalue weighted by atomic mass is 10.1. The molecular weight excluding hydrogens is 769 g/mol. The molecule has 0 amide bonds. The Bertz CT molecular complexity index is 1350. The number of carbonyl (C=O) groups excluding carboxylic acids is 3. The van der Waals surface area contributed by atoms with E-state index in [9.17, 15) is 14.4 Å². The molecule has 0 bridgehead atoms. The molecule has 0 spiro atoms. The van der Waals surface area contributed by atoms with Crippen LogP contribution in [0.15, 0.2) is 122 Å². The SMILES string of the molecule is CC/C=C\C/C=C\C/C=C\C/C=C\C/C=C\C/C=C\CCC(=O)OCC(COC(=O)CCCCCCC/C=C\CCC)OC(=O)CCCCCCC/C=C\C/C=C\C/C=C\CC. The Labute approximate surface area is 380 Å². The van der Waals surface area contributed by atoms with Gasteiger partial charge >= 0.3 is 17.9 Å². The fourth-order valence-electron chi connectivity index (χ4n) is 6.07. The summed E-state index contributed by atoms with van der Waals surface area (Å²) < 4.78 is 16.6. The molecule has 0 aromatic heterocycles. The third kappa shape index (κ3) is 46.9. The van der Waals surface area contributed by atoms with Gasteiger partial charge in [0.2, 0.25) is 0 Å². The second-order valence-electron chi connectivity index (χ2n) is 15.6. The van der Waals surface area contributed by atoms with E-state index in [-0.39, 0.29) is 44.0 Å². The van der Waals surface area contributed by atoms with Gasteiger partial charge in [-0.25, -0.2) is 0 Å². The van der Waals surface area contributed by atoms with Gasteiger partial charge in [-0.3, -0.25) is 14.4 Å². The van der Waals surface area contributed by atoms with E-state index >= 15 is 0 Å². The molecule has 0 saturated heterocycles. The van der Waals surface area contributed by atoms with Crippen LogP contribution in [0.2, 0.25) is 0 Å². The molecule has 6 nitrogen and oxygen atoms in total. The monoisotopic (exact) mass is 857 g/mol. The van der Waals surface area contributed by atoms with Gasteiger partial charge in [-0.05, 0) is 109 Å². The van der Waals surface area contributed by atoms with Crippen LogP contribution < -0.4 is 0 Å². The Morgan fingerprint density at radius 1 is 0.339 bits per heavy atom. The number of ether oxygens (including phenoxy) is 3. The molecule has 348 valence electrons. The van der Waals surface area contributed by atoms with Gasteiger partial charge < -0.3 is 14.2 Å². The first-order valence-electron chi connectivity index (χ1n) is 24.5. The summed E-state index contributed by atoms with van der Waals surface area (Å²) in [7, 11) is 0. The van der Waals surface area contributed by atoms with Crippen molar-refractivity contribution in [1.82, 2.24) is 0 Å². The molecule has 1 atom stereocenters. The average Bonchev–Trinajstić information content (AvgIpc) is 3.27. The van der Waals surface area contributed by atoms with Gasteiger partial charge in [0, 0.05) is 19.3 Å². The minimum Gasteiger partial charge on any atom is -0.462 e. The Balaban J connectivity index is 4.53. The van der Waals surface area contributed by atoms with E-state index in [1.807, 2.05) is 12.2 Å². The van der Waals surface area contributed by atoms with Gasteiger partial charge in [-0.1, -0.05) is 187 Å². The van der Waals surface area contributed by atoms with Crippen LogP contribution in [0.4, 0.5) is 0 Å². The highest BCUT2D eigenvalue weighted by Crippen LogP contribution is 2.12. The largest absolute Gasteiger partial charge is 0.462 e. The van der Waals surface area contributed by atoms with Crippen LogP contribution in [0, 0.1) is 0 Å². The second kappa shape index (κ2) is 49.5. The lowest BCUT2D eigenvalue weighted by molar-refractivity contribution is -0.166. The maximum absolute atomic E-state index is 12.8. The summed E-state index contributed by atoms with van der Waals surface area (Å²) in [5.41, 5.74) is 0. The molecule has 0 aromatic rings. The Kier molecular flexibility index (Phi) is 46.1. The standard InChI is InChI=1S/C56H88O6/c1-4-7-10-13-16-19-22-24-26-27-28-29-31-32-34-37-40-43-46-49-55(58)61-52-53(51-60-54(57)48-45-42-39-36-21-18-15-12-9-6-3)62-56(59)50-47-44-41-38-35-33-30-25-23-20-17-14-11-8-5-2/h7-8,10-12,15-17,19-20,24-26,28-30,32,34,40,43,53H,4-6,9,13-14,18,21-23,27,31,33,35-39,41-42,44-52H2,1-3H3/b10-7-,11-8-,15-12-,19-16-,20-17-,26-24-,29-28-,30-25-,34-32-,43-40-. The Hall–Kier alpha value is -4.19. The molecule has 0 saturated carbocycles. The minimum atomic E-state index is -0.823. The summed E-state index contributed by atoms with van der Waals surface area (Å²) >= 11 is 0. The zero-order valence-corrected chi connectivity index (χ0v) is 39.6. The first-order chi connectivity index (χ1) is 30.5. The molecule has 0 N–H and O–H groups in total. The van der Waals surface area contributed by atoms with Gasteiger partial charge in [0.15, 0.2) is 6.10 Å². The number of rotatable bonds is 42. The fraction of sp³-hybridized carbons (Fsp3) is 0.589. The first kappa shape index (κ1) is 57.8. The van der Waals surface area contributed by atoms with Crippen molar-refractivity contribution in [2.45, 2.75) is 200 Å². The van der Waals surface area contributed by atoms with E-state index in [1.54, 1.807) is 0 Å². The summed E-state index contributed by atoms with van der Waals surface area (Å²) in [6.07, 6.45) is 67.7. The van der Waals surface area contributed by atoms with E-state index in [1.165, 1.54) is 12.8 Å². The normalized spacial score (nSPS) is 13.1.